The molecule has 0 radical (unpaired) electrons. The van der Waals surface area contributed by atoms with E-state index in [1.165, 1.54) is 54.1 Å². The van der Waals surface area contributed by atoms with Crippen molar-refractivity contribution < 1.29 is 0 Å². The molecule has 3 aromatic rings. The van der Waals surface area contributed by atoms with Gasteiger partial charge < -0.3 is 4.90 Å². The van der Waals surface area contributed by atoms with Crippen LogP contribution in [0.3, 0.4) is 0 Å². The summed E-state index contributed by atoms with van der Waals surface area (Å²) in [5.41, 5.74) is 3.86. The summed E-state index contributed by atoms with van der Waals surface area (Å²) < 4.78 is 0. The number of benzene rings is 2. The van der Waals surface area contributed by atoms with Crippen LogP contribution in [0.15, 0.2) is 64.6 Å². The van der Waals surface area contributed by atoms with Crippen molar-refractivity contribution in [3.05, 3.63) is 54.7 Å². The molecule has 0 bridgehead atoms. The van der Waals surface area contributed by atoms with Gasteiger partial charge in [-0.1, -0.05) is 36.0 Å². The maximum absolute atomic E-state index is 4.08. The van der Waals surface area contributed by atoms with E-state index in [4.69, 9.17) is 0 Å². The summed E-state index contributed by atoms with van der Waals surface area (Å²) in [4.78, 5) is 3.67. The molecule has 1 N–H and O–H groups in total. The molecule has 4 nitrogen and oxygen atoms in total. The number of rotatable bonds is 4. The highest BCUT2D eigenvalue weighted by atomic mass is 32.2. The molecular formula is C19H20N4S. The van der Waals surface area contributed by atoms with Gasteiger partial charge in [0.2, 0.25) is 0 Å². The van der Waals surface area contributed by atoms with Crippen LogP contribution in [0, 0.1) is 0 Å². The molecule has 0 amide bonds. The van der Waals surface area contributed by atoms with Gasteiger partial charge in [0.05, 0.1) is 6.20 Å². The smallest absolute Gasteiger partial charge is 0.143 e. The Morgan fingerprint density at radius 2 is 1.75 bits per heavy atom. The van der Waals surface area contributed by atoms with Crippen molar-refractivity contribution in [2.45, 2.75) is 29.2 Å². The molecule has 1 aliphatic rings. The summed E-state index contributed by atoms with van der Waals surface area (Å²) in [6.07, 6.45) is 5.71. The van der Waals surface area contributed by atoms with Gasteiger partial charge in [-0.05, 0) is 54.7 Å². The normalized spacial score (nSPS) is 14.8. The summed E-state index contributed by atoms with van der Waals surface area (Å²) >= 11 is 1.61. The van der Waals surface area contributed by atoms with Crippen molar-refractivity contribution in [3.8, 4) is 11.1 Å². The third kappa shape index (κ3) is 3.46. The molecule has 0 saturated carbocycles. The highest BCUT2D eigenvalue weighted by Crippen LogP contribution is 2.30. The quantitative estimate of drug-likeness (QED) is 0.755. The van der Waals surface area contributed by atoms with Crippen molar-refractivity contribution in [1.29, 1.82) is 0 Å². The molecule has 0 unspecified atom stereocenters. The number of piperidine rings is 1. The maximum atomic E-state index is 4.08. The number of hydrogen-bond acceptors (Lipinski definition) is 4. The molecule has 1 saturated heterocycles. The Morgan fingerprint density at radius 3 is 2.50 bits per heavy atom. The lowest BCUT2D eigenvalue weighted by molar-refractivity contribution is 0.578. The molecule has 0 aliphatic carbocycles. The average Bonchev–Trinajstić information content (AvgIpc) is 3.16. The highest BCUT2D eigenvalue weighted by molar-refractivity contribution is 7.99. The number of hydrogen-bond donors (Lipinski definition) is 1. The predicted octanol–water partition coefficient (Wildman–Crippen LogP) is 4.61. The van der Waals surface area contributed by atoms with E-state index in [0.717, 1.165) is 5.03 Å². The molecule has 2 aromatic carbocycles. The number of aromatic amines is 1. The minimum absolute atomic E-state index is 0.884. The topological polar surface area (TPSA) is 44.8 Å². The van der Waals surface area contributed by atoms with Gasteiger partial charge in [0.1, 0.15) is 5.03 Å². The Kier molecular flexibility index (Phi) is 4.51. The SMILES string of the molecule is c1cc(-c2ccc(Sc3cn[nH]n3)cc2)cc(N2CCCCC2)c1. The molecule has 24 heavy (non-hydrogen) atoms. The van der Waals surface area contributed by atoms with Crippen molar-refractivity contribution in [1.82, 2.24) is 15.4 Å². The third-order valence-electron chi connectivity index (χ3n) is 4.37. The second kappa shape index (κ2) is 7.09. The van der Waals surface area contributed by atoms with E-state index >= 15 is 0 Å². The molecular weight excluding hydrogens is 316 g/mol. The van der Waals surface area contributed by atoms with Gasteiger partial charge in [-0.3, -0.25) is 0 Å². The first kappa shape index (κ1) is 15.3. The fourth-order valence-corrected chi connectivity index (χ4v) is 3.82. The molecule has 0 spiro atoms. The van der Waals surface area contributed by atoms with E-state index in [-0.39, 0.29) is 0 Å². The fraction of sp³-hybridized carbons (Fsp3) is 0.263. The summed E-state index contributed by atoms with van der Waals surface area (Å²) in [6.45, 7) is 2.35. The van der Waals surface area contributed by atoms with Crippen molar-refractivity contribution >= 4 is 17.4 Å². The summed E-state index contributed by atoms with van der Waals surface area (Å²) in [6, 6.07) is 17.5. The van der Waals surface area contributed by atoms with E-state index in [2.05, 4.69) is 68.8 Å². The standard InChI is InChI=1S/C19H20N4S/c1-2-11-23(12-3-1)17-6-4-5-16(13-17)15-7-9-18(10-8-15)24-19-14-20-22-21-19/h4-10,13-14H,1-3,11-12H2,(H,20,21,22). The minimum atomic E-state index is 0.884. The summed E-state index contributed by atoms with van der Waals surface area (Å²) in [5.74, 6) is 0. The molecule has 5 heteroatoms. The molecule has 122 valence electrons. The number of nitrogens with zero attached hydrogens (tertiary/aromatic N) is 3. The monoisotopic (exact) mass is 336 g/mol. The van der Waals surface area contributed by atoms with Crippen molar-refractivity contribution in [2.24, 2.45) is 0 Å². The molecule has 2 heterocycles. The number of aromatic nitrogens is 3. The van der Waals surface area contributed by atoms with Gasteiger partial charge in [0.15, 0.2) is 0 Å². The first-order valence-electron chi connectivity index (χ1n) is 8.37. The van der Waals surface area contributed by atoms with Crippen LogP contribution in [0.1, 0.15) is 19.3 Å². The fourth-order valence-electron chi connectivity index (χ4n) is 3.11. The second-order valence-corrected chi connectivity index (χ2v) is 7.13. The van der Waals surface area contributed by atoms with Crippen molar-refractivity contribution in [2.75, 3.05) is 18.0 Å². The Hall–Kier alpha value is -2.27. The lowest BCUT2D eigenvalue weighted by Gasteiger charge is -2.29. The van der Waals surface area contributed by atoms with Gasteiger partial charge in [-0.2, -0.15) is 10.3 Å². The van der Waals surface area contributed by atoms with Gasteiger partial charge in [-0.15, -0.1) is 5.10 Å². The van der Waals surface area contributed by atoms with Crippen molar-refractivity contribution in [3.63, 3.8) is 0 Å². The summed E-state index contributed by atoms with van der Waals surface area (Å²) in [5, 5.41) is 11.4. The molecule has 4 rings (SSSR count). The van der Waals surface area contributed by atoms with Crippen LogP contribution in [0.2, 0.25) is 0 Å². The Labute approximate surface area is 146 Å². The van der Waals surface area contributed by atoms with E-state index in [1.807, 2.05) is 0 Å². The summed E-state index contributed by atoms with van der Waals surface area (Å²) in [7, 11) is 0. The Morgan fingerprint density at radius 1 is 0.917 bits per heavy atom. The molecule has 1 fully saturated rings. The zero-order valence-corrected chi connectivity index (χ0v) is 14.3. The second-order valence-electron chi connectivity index (χ2n) is 6.03. The van der Waals surface area contributed by atoms with E-state index in [0.29, 0.717) is 0 Å². The number of H-pyrrole nitrogens is 1. The van der Waals surface area contributed by atoms with Crippen LogP contribution in [0.5, 0.6) is 0 Å². The third-order valence-corrected chi connectivity index (χ3v) is 5.28. The van der Waals surface area contributed by atoms with E-state index < -0.39 is 0 Å². The van der Waals surface area contributed by atoms with Gasteiger partial charge in [0.25, 0.3) is 0 Å². The largest absolute Gasteiger partial charge is 0.372 e. The van der Waals surface area contributed by atoms with Crippen LogP contribution in [0.25, 0.3) is 11.1 Å². The molecule has 0 atom stereocenters. The van der Waals surface area contributed by atoms with Crippen LogP contribution >= 0.6 is 11.8 Å². The molecule has 1 aliphatic heterocycles. The first-order chi connectivity index (χ1) is 11.9. The number of anilines is 1. The number of nitrogens with one attached hydrogen (secondary N) is 1. The zero-order chi connectivity index (χ0) is 16.2. The van der Waals surface area contributed by atoms with Crippen LogP contribution < -0.4 is 4.90 Å². The van der Waals surface area contributed by atoms with Crippen LogP contribution in [-0.2, 0) is 0 Å². The van der Waals surface area contributed by atoms with E-state index in [1.54, 1.807) is 18.0 Å². The zero-order valence-electron chi connectivity index (χ0n) is 13.5. The van der Waals surface area contributed by atoms with Crippen LogP contribution in [0.4, 0.5) is 5.69 Å². The Balaban J connectivity index is 1.52. The van der Waals surface area contributed by atoms with E-state index in [9.17, 15) is 0 Å². The van der Waals surface area contributed by atoms with Gasteiger partial charge >= 0.3 is 0 Å². The van der Waals surface area contributed by atoms with Gasteiger partial charge in [0, 0.05) is 23.7 Å². The minimum Gasteiger partial charge on any atom is -0.372 e. The highest BCUT2D eigenvalue weighted by Gasteiger charge is 2.11. The predicted molar refractivity (Wildman–Crippen MR) is 98.4 cm³/mol. The first-order valence-corrected chi connectivity index (χ1v) is 9.19. The maximum Gasteiger partial charge on any atom is 0.143 e. The Bertz CT molecular complexity index is 777. The lowest BCUT2D eigenvalue weighted by Crippen LogP contribution is -2.29. The molecule has 1 aromatic heterocycles. The van der Waals surface area contributed by atoms with Crippen LogP contribution in [-0.4, -0.2) is 28.5 Å². The van der Waals surface area contributed by atoms with Gasteiger partial charge in [-0.25, -0.2) is 0 Å². The average molecular weight is 336 g/mol. The lowest BCUT2D eigenvalue weighted by atomic mass is 10.0.